The molecule has 2 rings (SSSR count). The van der Waals surface area contributed by atoms with E-state index in [1.807, 2.05) is 6.07 Å². The normalized spacial score (nSPS) is 12.1. The van der Waals surface area contributed by atoms with Gasteiger partial charge in [-0.2, -0.15) is 0 Å². The number of carbonyl (C=O) groups is 1. The molecule has 1 atom stereocenters. The summed E-state index contributed by atoms with van der Waals surface area (Å²) < 4.78 is 0. The summed E-state index contributed by atoms with van der Waals surface area (Å²) in [5, 5.41) is 3.69. The van der Waals surface area contributed by atoms with Crippen molar-refractivity contribution in [1.82, 2.24) is 15.3 Å². The van der Waals surface area contributed by atoms with E-state index in [2.05, 4.69) is 21.2 Å². The van der Waals surface area contributed by atoms with Gasteiger partial charge >= 0.3 is 0 Å². The first-order chi connectivity index (χ1) is 9.10. The molecule has 0 saturated carbocycles. The zero-order valence-corrected chi connectivity index (χ0v) is 11.8. The van der Waals surface area contributed by atoms with Gasteiger partial charge in [0.1, 0.15) is 0 Å². The number of imidazole rings is 1. The summed E-state index contributed by atoms with van der Waals surface area (Å²) in [7, 11) is 0. The van der Waals surface area contributed by atoms with Gasteiger partial charge in [0, 0.05) is 5.02 Å². The van der Waals surface area contributed by atoms with Crippen LogP contribution in [0.3, 0.4) is 0 Å². The maximum Gasteiger partial charge on any atom is 0.234 e. The van der Waals surface area contributed by atoms with Gasteiger partial charge in [-0.15, -0.1) is 6.42 Å². The molecule has 0 bridgehead atoms. The smallest absolute Gasteiger partial charge is 0.234 e. The first kappa shape index (κ1) is 13.8. The lowest BCUT2D eigenvalue weighted by Crippen LogP contribution is -2.31. The summed E-state index contributed by atoms with van der Waals surface area (Å²) in [6, 6.07) is 5.42. The Morgan fingerprint density at radius 3 is 3.21 bits per heavy atom. The monoisotopic (exact) mass is 293 g/mol. The highest BCUT2D eigenvalue weighted by Gasteiger charge is 2.15. The van der Waals surface area contributed by atoms with Gasteiger partial charge in [-0.1, -0.05) is 29.3 Å². The first-order valence-electron chi connectivity index (χ1n) is 5.63. The van der Waals surface area contributed by atoms with Crippen molar-refractivity contribution in [3.05, 3.63) is 23.2 Å². The molecular formula is C13H12ClN3OS. The maximum atomic E-state index is 11.7. The zero-order valence-electron chi connectivity index (χ0n) is 10.2. The number of amides is 1. The lowest BCUT2D eigenvalue weighted by atomic mass is 10.3. The van der Waals surface area contributed by atoms with Crippen molar-refractivity contribution in [2.24, 2.45) is 0 Å². The van der Waals surface area contributed by atoms with Crippen LogP contribution in [0.25, 0.3) is 11.0 Å². The molecule has 0 aliphatic rings. The van der Waals surface area contributed by atoms with Gasteiger partial charge in [0.15, 0.2) is 5.16 Å². The van der Waals surface area contributed by atoms with Crippen LogP contribution >= 0.6 is 23.4 Å². The van der Waals surface area contributed by atoms with E-state index in [1.165, 1.54) is 11.8 Å². The second-order valence-electron chi connectivity index (χ2n) is 3.89. The summed E-state index contributed by atoms with van der Waals surface area (Å²) in [4.78, 5) is 19.2. The molecule has 98 valence electrons. The molecule has 0 spiro atoms. The number of nitrogens with one attached hydrogen (secondary N) is 2. The summed E-state index contributed by atoms with van der Waals surface area (Å²) in [5.74, 6) is 2.26. The number of rotatable bonds is 4. The van der Waals surface area contributed by atoms with Crippen LogP contribution in [-0.4, -0.2) is 27.7 Å². The number of thioether (sulfide) groups is 1. The summed E-state index contributed by atoms with van der Waals surface area (Å²) in [6.45, 7) is 2.04. The molecule has 0 fully saturated rings. The third-order valence-electron chi connectivity index (χ3n) is 2.44. The van der Waals surface area contributed by atoms with Crippen molar-refractivity contribution in [2.75, 3.05) is 6.54 Å². The molecule has 4 nitrogen and oxygen atoms in total. The van der Waals surface area contributed by atoms with Crippen molar-refractivity contribution < 1.29 is 4.79 Å². The summed E-state index contributed by atoms with van der Waals surface area (Å²) >= 11 is 7.25. The molecule has 0 saturated heterocycles. The Morgan fingerprint density at radius 1 is 1.68 bits per heavy atom. The second kappa shape index (κ2) is 6.00. The fraction of sp³-hybridized carbons (Fsp3) is 0.231. The molecule has 1 amide bonds. The standard InChI is InChI=1S/C13H12ClN3OS/c1-3-6-15-12(18)8(2)19-13-16-10-5-4-9(14)7-11(10)17-13/h1,4-5,7-8H,6H2,2H3,(H,15,18)(H,16,17). The van der Waals surface area contributed by atoms with Crippen LogP contribution in [0, 0.1) is 12.3 Å². The lowest BCUT2D eigenvalue weighted by Gasteiger charge is -2.07. The minimum absolute atomic E-state index is 0.110. The number of hydrogen-bond acceptors (Lipinski definition) is 3. The molecule has 19 heavy (non-hydrogen) atoms. The summed E-state index contributed by atoms with van der Waals surface area (Å²) in [6.07, 6.45) is 5.09. The number of fused-ring (bicyclic) bond motifs is 1. The average Bonchev–Trinajstić information content (AvgIpc) is 2.77. The van der Waals surface area contributed by atoms with Crippen molar-refractivity contribution in [3.63, 3.8) is 0 Å². The summed E-state index contributed by atoms with van der Waals surface area (Å²) in [5.41, 5.74) is 1.68. The van der Waals surface area contributed by atoms with E-state index in [0.717, 1.165) is 11.0 Å². The number of terminal acetylenes is 1. The molecule has 1 heterocycles. The molecular weight excluding hydrogens is 282 g/mol. The van der Waals surface area contributed by atoms with Crippen LogP contribution in [0.2, 0.25) is 5.02 Å². The Bertz CT molecular complexity index is 647. The van der Waals surface area contributed by atoms with E-state index in [4.69, 9.17) is 18.0 Å². The van der Waals surface area contributed by atoms with Gasteiger partial charge < -0.3 is 10.3 Å². The number of aromatic amines is 1. The molecule has 2 aromatic rings. The Hall–Kier alpha value is -1.64. The maximum absolute atomic E-state index is 11.7. The van der Waals surface area contributed by atoms with E-state index in [-0.39, 0.29) is 17.7 Å². The van der Waals surface area contributed by atoms with E-state index in [9.17, 15) is 4.79 Å². The Labute approximate surface area is 120 Å². The fourth-order valence-electron chi connectivity index (χ4n) is 1.52. The lowest BCUT2D eigenvalue weighted by molar-refractivity contribution is -0.120. The Balaban J connectivity index is 2.09. The van der Waals surface area contributed by atoms with E-state index in [0.29, 0.717) is 10.2 Å². The number of aromatic nitrogens is 2. The topological polar surface area (TPSA) is 57.8 Å². The first-order valence-corrected chi connectivity index (χ1v) is 6.89. The van der Waals surface area contributed by atoms with Gasteiger partial charge in [0.25, 0.3) is 0 Å². The van der Waals surface area contributed by atoms with Crippen LogP contribution in [0.5, 0.6) is 0 Å². The van der Waals surface area contributed by atoms with Crippen LogP contribution in [0.1, 0.15) is 6.92 Å². The van der Waals surface area contributed by atoms with Crippen LogP contribution in [0.15, 0.2) is 23.4 Å². The van der Waals surface area contributed by atoms with Crippen LogP contribution < -0.4 is 5.32 Å². The fourth-order valence-corrected chi connectivity index (χ4v) is 2.53. The third-order valence-corrected chi connectivity index (χ3v) is 3.66. The second-order valence-corrected chi connectivity index (χ2v) is 5.65. The number of nitrogens with zero attached hydrogens (tertiary/aromatic N) is 1. The largest absolute Gasteiger partial charge is 0.344 e. The number of halogens is 1. The third kappa shape index (κ3) is 3.43. The molecule has 1 unspecified atom stereocenters. The minimum atomic E-state index is -0.274. The predicted octanol–water partition coefficient (Wildman–Crippen LogP) is 2.45. The number of benzene rings is 1. The van der Waals surface area contributed by atoms with Crippen molar-refractivity contribution in [3.8, 4) is 12.3 Å². The Kier molecular flexibility index (Phi) is 4.35. The highest BCUT2D eigenvalue weighted by molar-refractivity contribution is 8.00. The van der Waals surface area contributed by atoms with Gasteiger partial charge in [0.05, 0.1) is 22.8 Å². The zero-order chi connectivity index (χ0) is 13.8. The van der Waals surface area contributed by atoms with Gasteiger partial charge in [-0.3, -0.25) is 4.79 Å². The molecule has 6 heteroatoms. The van der Waals surface area contributed by atoms with E-state index >= 15 is 0 Å². The van der Waals surface area contributed by atoms with E-state index in [1.54, 1.807) is 19.1 Å². The quantitative estimate of drug-likeness (QED) is 0.672. The average molecular weight is 294 g/mol. The van der Waals surface area contributed by atoms with Crippen molar-refractivity contribution in [2.45, 2.75) is 17.3 Å². The predicted molar refractivity (Wildman–Crippen MR) is 78.3 cm³/mol. The van der Waals surface area contributed by atoms with Crippen molar-refractivity contribution >= 4 is 40.3 Å². The SMILES string of the molecule is C#CCNC(=O)C(C)Sc1nc2ccc(Cl)cc2[nH]1. The number of H-pyrrole nitrogens is 1. The molecule has 0 aliphatic heterocycles. The van der Waals surface area contributed by atoms with Gasteiger partial charge in [0.2, 0.25) is 5.91 Å². The Morgan fingerprint density at radius 2 is 2.47 bits per heavy atom. The molecule has 0 radical (unpaired) electrons. The molecule has 1 aromatic carbocycles. The van der Waals surface area contributed by atoms with Crippen LogP contribution in [-0.2, 0) is 4.79 Å². The van der Waals surface area contributed by atoms with Gasteiger partial charge in [-0.05, 0) is 25.1 Å². The highest BCUT2D eigenvalue weighted by Crippen LogP contribution is 2.25. The molecule has 2 N–H and O–H groups in total. The van der Waals surface area contributed by atoms with E-state index < -0.39 is 0 Å². The highest BCUT2D eigenvalue weighted by atomic mass is 35.5. The van der Waals surface area contributed by atoms with Gasteiger partial charge in [-0.25, -0.2) is 4.98 Å². The van der Waals surface area contributed by atoms with Crippen LogP contribution in [0.4, 0.5) is 0 Å². The minimum Gasteiger partial charge on any atom is -0.344 e. The number of hydrogen-bond donors (Lipinski definition) is 2. The number of carbonyl (C=O) groups excluding carboxylic acids is 1. The molecule has 1 aromatic heterocycles. The van der Waals surface area contributed by atoms with Crippen molar-refractivity contribution in [1.29, 1.82) is 0 Å². The molecule has 0 aliphatic carbocycles.